The van der Waals surface area contributed by atoms with E-state index in [1.54, 1.807) is 6.08 Å². The normalized spacial score (nSPS) is 24.6. The number of hydrogen-bond donors (Lipinski definition) is 1. The van der Waals surface area contributed by atoms with Crippen molar-refractivity contribution in [3.8, 4) is 0 Å². The lowest BCUT2D eigenvalue weighted by Gasteiger charge is -2.15. The lowest BCUT2D eigenvalue weighted by molar-refractivity contribution is 0.166. The lowest BCUT2D eigenvalue weighted by Crippen LogP contribution is -2.15. The number of rotatable bonds is 3. The smallest absolute Gasteiger partial charge is 0.145 e. The van der Waals surface area contributed by atoms with Crippen molar-refractivity contribution in [1.82, 2.24) is 5.32 Å². The van der Waals surface area contributed by atoms with Gasteiger partial charge in [0.15, 0.2) is 0 Å². The Kier molecular flexibility index (Phi) is 4.93. The predicted molar refractivity (Wildman–Crippen MR) is 70.8 cm³/mol. The van der Waals surface area contributed by atoms with Gasteiger partial charge >= 0.3 is 0 Å². The highest BCUT2D eigenvalue weighted by atomic mass is 35.5. The van der Waals surface area contributed by atoms with Crippen molar-refractivity contribution in [1.29, 1.82) is 0 Å². The Bertz CT molecular complexity index is 370. The number of halogens is 1. The fourth-order valence-electron chi connectivity index (χ4n) is 2.04. The summed E-state index contributed by atoms with van der Waals surface area (Å²) >= 11 is 6.10. The zero-order chi connectivity index (χ0) is 11.9. The molecule has 1 saturated heterocycles. The fourth-order valence-corrected chi connectivity index (χ4v) is 2.22. The third-order valence-corrected chi connectivity index (χ3v) is 3.37. The highest BCUT2D eigenvalue weighted by Crippen LogP contribution is 2.20. The summed E-state index contributed by atoms with van der Waals surface area (Å²) in [5.41, 5.74) is 3.01. The third-order valence-electron chi connectivity index (χ3n) is 3.05. The molecule has 1 fully saturated rings. The molecular formula is C14H18ClNO. The minimum atomic E-state index is 0.631. The van der Waals surface area contributed by atoms with E-state index in [2.05, 4.69) is 11.0 Å². The van der Waals surface area contributed by atoms with Gasteiger partial charge in [0.05, 0.1) is 11.6 Å². The van der Waals surface area contributed by atoms with Crippen LogP contribution >= 0.6 is 11.6 Å². The summed E-state index contributed by atoms with van der Waals surface area (Å²) in [5, 5.41) is 4.05. The molecule has 3 heteroatoms. The molecule has 17 heavy (non-hydrogen) atoms. The summed E-state index contributed by atoms with van der Waals surface area (Å²) in [6.45, 7) is 2.97. The van der Waals surface area contributed by atoms with Crippen LogP contribution in [0.25, 0.3) is 0 Å². The van der Waals surface area contributed by atoms with E-state index in [4.69, 9.17) is 16.3 Å². The second-order valence-electron chi connectivity index (χ2n) is 4.41. The van der Waals surface area contributed by atoms with E-state index in [9.17, 15) is 0 Å². The summed E-state index contributed by atoms with van der Waals surface area (Å²) < 4.78 is 5.80. The largest absolute Gasteiger partial charge is 0.491 e. The zero-order valence-corrected chi connectivity index (χ0v) is 10.7. The SMILES string of the molecule is ClC1=C(OCC2CCCNCC2)C=C=CC=C1. The number of ether oxygens (including phenoxy) is 1. The van der Waals surface area contributed by atoms with Gasteiger partial charge in [-0.1, -0.05) is 17.7 Å². The summed E-state index contributed by atoms with van der Waals surface area (Å²) in [5.74, 6) is 1.36. The molecule has 1 unspecified atom stereocenters. The van der Waals surface area contributed by atoms with Crippen LogP contribution in [0.2, 0.25) is 0 Å². The van der Waals surface area contributed by atoms with E-state index in [1.165, 1.54) is 19.3 Å². The van der Waals surface area contributed by atoms with Gasteiger partial charge in [-0.3, -0.25) is 0 Å². The Labute approximate surface area is 108 Å². The van der Waals surface area contributed by atoms with E-state index >= 15 is 0 Å². The van der Waals surface area contributed by atoms with Gasteiger partial charge in [0.2, 0.25) is 0 Å². The van der Waals surface area contributed by atoms with Crippen molar-refractivity contribution in [2.24, 2.45) is 5.92 Å². The van der Waals surface area contributed by atoms with E-state index in [0.29, 0.717) is 11.0 Å². The van der Waals surface area contributed by atoms with Gasteiger partial charge < -0.3 is 10.1 Å². The summed E-state index contributed by atoms with van der Waals surface area (Å²) in [6, 6.07) is 0. The maximum atomic E-state index is 6.10. The zero-order valence-electron chi connectivity index (χ0n) is 9.92. The molecule has 0 spiro atoms. The minimum absolute atomic E-state index is 0.631. The summed E-state index contributed by atoms with van der Waals surface area (Å²) in [7, 11) is 0. The van der Waals surface area contributed by atoms with Gasteiger partial charge in [0.1, 0.15) is 5.76 Å². The summed E-state index contributed by atoms with van der Waals surface area (Å²) in [4.78, 5) is 0. The van der Waals surface area contributed by atoms with Gasteiger partial charge in [-0.25, -0.2) is 0 Å². The average molecular weight is 252 g/mol. The molecular weight excluding hydrogens is 234 g/mol. The maximum absolute atomic E-state index is 6.10. The topological polar surface area (TPSA) is 21.3 Å². The van der Waals surface area contributed by atoms with E-state index in [-0.39, 0.29) is 0 Å². The number of nitrogens with one attached hydrogen (secondary N) is 1. The predicted octanol–water partition coefficient (Wildman–Crippen LogP) is 3.12. The van der Waals surface area contributed by atoms with Crippen LogP contribution in [-0.4, -0.2) is 19.7 Å². The van der Waals surface area contributed by atoms with Crippen molar-refractivity contribution in [2.45, 2.75) is 19.3 Å². The molecule has 2 nitrogen and oxygen atoms in total. The van der Waals surface area contributed by atoms with Crippen LogP contribution in [0.15, 0.2) is 40.8 Å². The van der Waals surface area contributed by atoms with Crippen LogP contribution in [0, 0.1) is 5.92 Å². The van der Waals surface area contributed by atoms with Gasteiger partial charge in [-0.05, 0) is 50.4 Å². The van der Waals surface area contributed by atoms with Gasteiger partial charge in [0.25, 0.3) is 0 Å². The van der Waals surface area contributed by atoms with Crippen LogP contribution in [-0.2, 0) is 4.74 Å². The van der Waals surface area contributed by atoms with Crippen LogP contribution in [0.1, 0.15) is 19.3 Å². The first-order valence-electron chi connectivity index (χ1n) is 6.19. The van der Waals surface area contributed by atoms with Gasteiger partial charge in [-0.15, -0.1) is 5.73 Å². The molecule has 2 rings (SSSR count). The molecule has 0 amide bonds. The first-order chi connectivity index (χ1) is 8.36. The molecule has 1 atom stereocenters. The Morgan fingerprint density at radius 2 is 2.35 bits per heavy atom. The number of hydrogen-bond acceptors (Lipinski definition) is 2. The molecule has 1 N–H and O–H groups in total. The Balaban J connectivity index is 1.88. The van der Waals surface area contributed by atoms with Crippen molar-refractivity contribution < 1.29 is 4.74 Å². The van der Waals surface area contributed by atoms with Crippen molar-refractivity contribution >= 4 is 11.6 Å². The molecule has 0 bridgehead atoms. The molecule has 1 heterocycles. The van der Waals surface area contributed by atoms with Crippen molar-refractivity contribution in [3.63, 3.8) is 0 Å². The lowest BCUT2D eigenvalue weighted by atomic mass is 10.0. The van der Waals surface area contributed by atoms with Crippen LogP contribution in [0.3, 0.4) is 0 Å². The highest BCUT2D eigenvalue weighted by molar-refractivity contribution is 6.31. The molecule has 1 aliphatic carbocycles. The van der Waals surface area contributed by atoms with Crippen LogP contribution < -0.4 is 5.32 Å². The van der Waals surface area contributed by atoms with E-state index in [1.807, 2.05) is 18.2 Å². The number of allylic oxidation sites excluding steroid dienone is 4. The quantitative estimate of drug-likeness (QED) is 0.779. The molecule has 92 valence electrons. The van der Waals surface area contributed by atoms with E-state index < -0.39 is 0 Å². The summed E-state index contributed by atoms with van der Waals surface area (Å²) in [6.07, 6.45) is 11.0. The Morgan fingerprint density at radius 1 is 1.41 bits per heavy atom. The first kappa shape index (κ1) is 12.5. The average Bonchev–Trinajstić information content (AvgIpc) is 2.69. The molecule has 2 aliphatic rings. The molecule has 0 aromatic heterocycles. The molecule has 1 aliphatic heterocycles. The van der Waals surface area contributed by atoms with Crippen molar-refractivity contribution in [2.75, 3.05) is 19.7 Å². The first-order valence-corrected chi connectivity index (χ1v) is 6.56. The second-order valence-corrected chi connectivity index (χ2v) is 4.81. The molecule has 0 saturated carbocycles. The van der Waals surface area contributed by atoms with Crippen molar-refractivity contribution in [3.05, 3.63) is 40.8 Å². The Morgan fingerprint density at radius 3 is 3.29 bits per heavy atom. The standard InChI is InChI=1S/C14H18ClNO/c15-13-6-2-1-3-7-14(13)17-11-12-5-4-9-16-10-8-12/h1-2,6-7,12,16H,4-5,8-11H2. The molecule has 0 aromatic rings. The molecule has 0 aromatic carbocycles. The maximum Gasteiger partial charge on any atom is 0.145 e. The molecule has 0 radical (unpaired) electrons. The van der Waals surface area contributed by atoms with E-state index in [0.717, 1.165) is 25.5 Å². The monoisotopic (exact) mass is 251 g/mol. The Hall–Kier alpha value is -0.950. The fraction of sp³-hybridized carbons (Fsp3) is 0.500. The highest BCUT2D eigenvalue weighted by Gasteiger charge is 2.13. The van der Waals surface area contributed by atoms with Gasteiger partial charge in [0, 0.05) is 6.08 Å². The van der Waals surface area contributed by atoms with Crippen LogP contribution in [0.4, 0.5) is 0 Å². The second kappa shape index (κ2) is 6.70. The van der Waals surface area contributed by atoms with Crippen LogP contribution in [0.5, 0.6) is 0 Å². The third kappa shape index (κ3) is 4.08. The van der Waals surface area contributed by atoms with Gasteiger partial charge in [-0.2, -0.15) is 0 Å². The minimum Gasteiger partial charge on any atom is -0.491 e.